The van der Waals surface area contributed by atoms with Crippen LogP contribution in [-0.4, -0.2) is 30.2 Å². The Balaban J connectivity index is 2.00. The predicted molar refractivity (Wildman–Crippen MR) is 69.8 cm³/mol. The minimum absolute atomic E-state index is 0.350. The molecule has 1 heterocycles. The van der Waals surface area contributed by atoms with Crippen molar-refractivity contribution in [2.24, 2.45) is 0 Å². The molecule has 0 fully saturated rings. The molecule has 1 aromatic rings. The van der Waals surface area contributed by atoms with Crippen molar-refractivity contribution in [3.8, 4) is 0 Å². The number of aliphatic hydroxyl groups is 1. The molecule has 0 saturated heterocycles. The van der Waals surface area contributed by atoms with Gasteiger partial charge in [0.2, 0.25) is 0 Å². The molecule has 0 aliphatic heterocycles. The monoisotopic (exact) mass is 245 g/mol. The van der Waals surface area contributed by atoms with Crippen LogP contribution in [0.1, 0.15) is 24.5 Å². The van der Waals surface area contributed by atoms with Gasteiger partial charge in [0.1, 0.15) is 0 Å². The number of aliphatic hydroxyl groups excluding tert-OH is 1. The zero-order valence-corrected chi connectivity index (χ0v) is 10.7. The quantitative estimate of drug-likeness (QED) is 0.690. The second-order valence-electron chi connectivity index (χ2n) is 3.48. The molecule has 0 saturated carbocycles. The van der Waals surface area contributed by atoms with E-state index < -0.39 is 0 Å². The highest BCUT2D eigenvalue weighted by Gasteiger charge is 2.05. The molecule has 4 heteroatoms. The van der Waals surface area contributed by atoms with Crippen molar-refractivity contribution in [3.05, 3.63) is 22.4 Å². The van der Waals surface area contributed by atoms with E-state index in [9.17, 15) is 5.11 Å². The second-order valence-corrected chi connectivity index (χ2v) is 5.24. The fraction of sp³-hybridized carbons (Fsp3) is 0.636. The van der Waals surface area contributed by atoms with E-state index in [0.29, 0.717) is 6.54 Å². The maximum Gasteiger partial charge on any atom is 0.0922 e. The number of rotatable bonds is 8. The maximum atomic E-state index is 9.75. The molecule has 0 aliphatic rings. The van der Waals surface area contributed by atoms with Crippen LogP contribution in [0.15, 0.2) is 16.8 Å². The van der Waals surface area contributed by atoms with Crippen LogP contribution in [0.25, 0.3) is 0 Å². The first-order chi connectivity index (χ1) is 7.34. The molecule has 1 rings (SSSR count). The number of hydrogen-bond donors (Lipinski definition) is 2. The summed E-state index contributed by atoms with van der Waals surface area (Å²) in [6, 6.07) is 1.98. The van der Waals surface area contributed by atoms with Crippen LogP contribution >= 0.6 is 23.1 Å². The van der Waals surface area contributed by atoms with Gasteiger partial charge >= 0.3 is 0 Å². The molecule has 0 aromatic carbocycles. The Bertz CT molecular complexity index is 239. The van der Waals surface area contributed by atoms with E-state index in [1.54, 1.807) is 11.3 Å². The number of thioether (sulfide) groups is 1. The van der Waals surface area contributed by atoms with Gasteiger partial charge in [0.15, 0.2) is 0 Å². The first kappa shape index (κ1) is 13.0. The lowest BCUT2D eigenvalue weighted by Gasteiger charge is -2.10. The lowest BCUT2D eigenvalue weighted by molar-refractivity contribution is 0.175. The Morgan fingerprint density at radius 1 is 1.53 bits per heavy atom. The Morgan fingerprint density at radius 2 is 2.40 bits per heavy atom. The number of hydrogen-bond acceptors (Lipinski definition) is 4. The van der Waals surface area contributed by atoms with Gasteiger partial charge in [0, 0.05) is 6.54 Å². The van der Waals surface area contributed by atoms with Crippen molar-refractivity contribution in [1.82, 2.24) is 5.32 Å². The molecule has 1 aromatic heterocycles. The van der Waals surface area contributed by atoms with E-state index in [0.717, 1.165) is 12.1 Å². The van der Waals surface area contributed by atoms with Gasteiger partial charge in [-0.3, -0.25) is 0 Å². The zero-order chi connectivity index (χ0) is 10.9. The molecule has 0 spiro atoms. The third-order valence-electron chi connectivity index (χ3n) is 2.22. The SMILES string of the molecule is CSCCCCNCC(O)c1ccsc1. The second kappa shape index (κ2) is 8.16. The summed E-state index contributed by atoms with van der Waals surface area (Å²) in [5.41, 5.74) is 1.02. The molecule has 15 heavy (non-hydrogen) atoms. The van der Waals surface area contributed by atoms with E-state index in [1.807, 2.05) is 28.6 Å². The molecule has 0 radical (unpaired) electrons. The normalized spacial score (nSPS) is 12.9. The highest BCUT2D eigenvalue weighted by atomic mass is 32.2. The van der Waals surface area contributed by atoms with Crippen molar-refractivity contribution in [1.29, 1.82) is 0 Å². The van der Waals surface area contributed by atoms with Gasteiger partial charge in [-0.2, -0.15) is 23.1 Å². The van der Waals surface area contributed by atoms with Gasteiger partial charge in [0.25, 0.3) is 0 Å². The molecule has 0 amide bonds. The molecule has 0 aliphatic carbocycles. The van der Waals surface area contributed by atoms with Crippen LogP contribution in [0.5, 0.6) is 0 Å². The van der Waals surface area contributed by atoms with Crippen LogP contribution < -0.4 is 5.32 Å². The summed E-state index contributed by atoms with van der Waals surface area (Å²) in [6.45, 7) is 1.66. The predicted octanol–water partition coefficient (Wildman–Crippen LogP) is 2.51. The van der Waals surface area contributed by atoms with E-state index in [2.05, 4.69) is 11.6 Å². The molecule has 1 atom stereocenters. The van der Waals surface area contributed by atoms with Gasteiger partial charge in [-0.25, -0.2) is 0 Å². The van der Waals surface area contributed by atoms with Crippen LogP contribution in [0.2, 0.25) is 0 Å². The minimum atomic E-state index is -0.350. The molecule has 0 bridgehead atoms. The van der Waals surface area contributed by atoms with Crippen LogP contribution in [0.3, 0.4) is 0 Å². The minimum Gasteiger partial charge on any atom is -0.387 e. The van der Waals surface area contributed by atoms with Crippen LogP contribution in [0.4, 0.5) is 0 Å². The fourth-order valence-corrected chi connectivity index (χ4v) is 2.52. The van der Waals surface area contributed by atoms with Crippen LogP contribution in [-0.2, 0) is 0 Å². The molecule has 2 N–H and O–H groups in total. The van der Waals surface area contributed by atoms with Gasteiger partial charge in [-0.05, 0) is 53.8 Å². The van der Waals surface area contributed by atoms with Gasteiger partial charge in [-0.15, -0.1) is 0 Å². The van der Waals surface area contributed by atoms with Crippen molar-refractivity contribution < 1.29 is 5.11 Å². The van der Waals surface area contributed by atoms with Crippen LogP contribution in [0, 0.1) is 0 Å². The summed E-state index contributed by atoms with van der Waals surface area (Å²) in [6.07, 6.45) is 4.23. The van der Waals surface area contributed by atoms with Gasteiger partial charge < -0.3 is 10.4 Å². The summed E-state index contributed by atoms with van der Waals surface area (Å²) in [5, 5.41) is 17.0. The summed E-state index contributed by atoms with van der Waals surface area (Å²) in [7, 11) is 0. The smallest absolute Gasteiger partial charge is 0.0922 e. The van der Waals surface area contributed by atoms with Gasteiger partial charge in [0.05, 0.1) is 6.10 Å². The lowest BCUT2D eigenvalue weighted by Crippen LogP contribution is -2.22. The molecule has 1 unspecified atom stereocenters. The summed E-state index contributed by atoms with van der Waals surface area (Å²) in [4.78, 5) is 0. The summed E-state index contributed by atoms with van der Waals surface area (Å²) < 4.78 is 0. The lowest BCUT2D eigenvalue weighted by atomic mass is 10.2. The highest BCUT2D eigenvalue weighted by molar-refractivity contribution is 7.98. The average Bonchev–Trinajstić information content (AvgIpc) is 2.76. The first-order valence-electron chi connectivity index (χ1n) is 5.24. The zero-order valence-electron chi connectivity index (χ0n) is 9.11. The number of thiophene rings is 1. The third kappa shape index (κ3) is 5.56. The van der Waals surface area contributed by atoms with E-state index in [4.69, 9.17) is 0 Å². The van der Waals surface area contributed by atoms with Gasteiger partial charge in [-0.1, -0.05) is 0 Å². The van der Waals surface area contributed by atoms with E-state index in [1.165, 1.54) is 18.6 Å². The standard InChI is InChI=1S/C11H19NOS2/c1-14-6-3-2-5-12-8-11(13)10-4-7-15-9-10/h4,7,9,11-13H,2-3,5-6,8H2,1H3. The van der Waals surface area contributed by atoms with E-state index >= 15 is 0 Å². The number of nitrogens with one attached hydrogen (secondary N) is 1. The fourth-order valence-electron chi connectivity index (χ4n) is 1.32. The Morgan fingerprint density at radius 3 is 3.07 bits per heavy atom. The molecular formula is C11H19NOS2. The Kier molecular flexibility index (Phi) is 7.09. The average molecular weight is 245 g/mol. The Labute approximate surface area is 100 Å². The molecule has 2 nitrogen and oxygen atoms in total. The van der Waals surface area contributed by atoms with Crippen molar-refractivity contribution in [3.63, 3.8) is 0 Å². The molecule has 86 valence electrons. The Hall–Kier alpha value is -0.0300. The van der Waals surface area contributed by atoms with E-state index in [-0.39, 0.29) is 6.10 Å². The summed E-state index contributed by atoms with van der Waals surface area (Å²) in [5.74, 6) is 1.23. The molecular weight excluding hydrogens is 226 g/mol. The topological polar surface area (TPSA) is 32.3 Å². The maximum absolute atomic E-state index is 9.75. The largest absolute Gasteiger partial charge is 0.387 e. The summed E-state index contributed by atoms with van der Waals surface area (Å²) >= 11 is 3.52. The first-order valence-corrected chi connectivity index (χ1v) is 7.58. The third-order valence-corrected chi connectivity index (χ3v) is 3.62. The van der Waals surface area contributed by atoms with Crippen molar-refractivity contribution in [2.75, 3.05) is 25.1 Å². The van der Waals surface area contributed by atoms with Crippen molar-refractivity contribution in [2.45, 2.75) is 18.9 Å². The number of unbranched alkanes of at least 4 members (excludes halogenated alkanes) is 1. The van der Waals surface area contributed by atoms with Crippen molar-refractivity contribution >= 4 is 23.1 Å². The highest BCUT2D eigenvalue weighted by Crippen LogP contribution is 2.14.